The number of sulfonamides is 1. The van der Waals surface area contributed by atoms with E-state index in [2.05, 4.69) is 0 Å². The SMILES string of the molecule is NS(=O)(=O)c1ccc(CCC(=O)OCc2ccccc2)cc1. The largest absolute Gasteiger partial charge is 0.461 e. The van der Waals surface area contributed by atoms with Crippen LogP contribution in [-0.4, -0.2) is 14.4 Å². The lowest BCUT2D eigenvalue weighted by Crippen LogP contribution is -2.12. The van der Waals surface area contributed by atoms with Crippen molar-refractivity contribution >= 4 is 16.0 Å². The van der Waals surface area contributed by atoms with E-state index in [-0.39, 0.29) is 23.9 Å². The monoisotopic (exact) mass is 319 g/mol. The molecular weight excluding hydrogens is 302 g/mol. The predicted molar refractivity (Wildman–Crippen MR) is 82.4 cm³/mol. The molecule has 116 valence electrons. The second kappa shape index (κ2) is 7.20. The highest BCUT2D eigenvalue weighted by Gasteiger charge is 2.08. The van der Waals surface area contributed by atoms with E-state index >= 15 is 0 Å². The summed E-state index contributed by atoms with van der Waals surface area (Å²) in [6.07, 6.45) is 0.722. The maximum atomic E-state index is 11.7. The molecule has 0 heterocycles. The molecule has 0 radical (unpaired) electrons. The summed E-state index contributed by atoms with van der Waals surface area (Å²) in [5.74, 6) is -0.292. The lowest BCUT2D eigenvalue weighted by atomic mass is 10.1. The van der Waals surface area contributed by atoms with Crippen LogP contribution in [0.25, 0.3) is 0 Å². The third-order valence-electron chi connectivity index (χ3n) is 3.11. The quantitative estimate of drug-likeness (QED) is 0.825. The summed E-state index contributed by atoms with van der Waals surface area (Å²) in [4.78, 5) is 11.7. The minimum Gasteiger partial charge on any atom is -0.461 e. The van der Waals surface area contributed by atoms with Gasteiger partial charge in [-0.2, -0.15) is 0 Å². The van der Waals surface area contributed by atoms with Gasteiger partial charge >= 0.3 is 5.97 Å². The minimum atomic E-state index is -3.68. The standard InChI is InChI=1S/C16H17NO4S/c17-22(19,20)15-9-6-13(7-10-15)8-11-16(18)21-12-14-4-2-1-3-5-14/h1-7,9-10H,8,11-12H2,(H2,17,19,20). The zero-order valence-electron chi connectivity index (χ0n) is 11.9. The van der Waals surface area contributed by atoms with Gasteiger partial charge in [0.15, 0.2) is 0 Å². The van der Waals surface area contributed by atoms with Gasteiger partial charge in [-0.15, -0.1) is 0 Å². The first-order valence-electron chi connectivity index (χ1n) is 6.76. The predicted octanol–water partition coefficient (Wildman–Crippen LogP) is 2.01. The Morgan fingerprint density at radius 1 is 0.955 bits per heavy atom. The number of benzene rings is 2. The molecule has 0 fully saturated rings. The van der Waals surface area contributed by atoms with E-state index in [1.165, 1.54) is 12.1 Å². The summed E-state index contributed by atoms with van der Waals surface area (Å²) < 4.78 is 27.4. The normalized spacial score (nSPS) is 11.1. The number of primary sulfonamides is 1. The highest BCUT2D eigenvalue weighted by molar-refractivity contribution is 7.89. The number of hydrogen-bond acceptors (Lipinski definition) is 4. The number of rotatable bonds is 6. The summed E-state index contributed by atoms with van der Waals surface area (Å²) in [7, 11) is -3.68. The Kier molecular flexibility index (Phi) is 5.30. The minimum absolute atomic E-state index is 0.0582. The molecule has 6 heteroatoms. The van der Waals surface area contributed by atoms with Gasteiger partial charge in [0.2, 0.25) is 10.0 Å². The fraction of sp³-hybridized carbons (Fsp3) is 0.188. The van der Waals surface area contributed by atoms with Gasteiger partial charge in [-0.25, -0.2) is 13.6 Å². The van der Waals surface area contributed by atoms with Gasteiger partial charge in [0.05, 0.1) is 4.90 Å². The van der Waals surface area contributed by atoms with Gasteiger partial charge in [-0.3, -0.25) is 4.79 Å². The van der Waals surface area contributed by atoms with E-state index in [4.69, 9.17) is 9.88 Å². The second-order valence-electron chi connectivity index (χ2n) is 4.84. The highest BCUT2D eigenvalue weighted by atomic mass is 32.2. The summed E-state index contributed by atoms with van der Waals surface area (Å²) in [6, 6.07) is 15.6. The van der Waals surface area contributed by atoms with Crippen LogP contribution in [0, 0.1) is 0 Å². The first kappa shape index (κ1) is 16.2. The van der Waals surface area contributed by atoms with Crippen LogP contribution in [0.2, 0.25) is 0 Å². The van der Waals surface area contributed by atoms with Gasteiger partial charge in [-0.05, 0) is 29.7 Å². The van der Waals surface area contributed by atoms with Crippen LogP contribution in [0.5, 0.6) is 0 Å². The molecule has 0 bridgehead atoms. The van der Waals surface area contributed by atoms with Crippen molar-refractivity contribution in [3.63, 3.8) is 0 Å². The number of ether oxygens (including phenoxy) is 1. The Balaban J connectivity index is 1.81. The van der Waals surface area contributed by atoms with Crippen LogP contribution in [0.3, 0.4) is 0 Å². The molecule has 0 atom stereocenters. The Bertz CT molecular complexity index is 725. The average molecular weight is 319 g/mol. The molecule has 0 aliphatic carbocycles. The lowest BCUT2D eigenvalue weighted by molar-refractivity contribution is -0.144. The lowest BCUT2D eigenvalue weighted by Gasteiger charge is -2.05. The number of carbonyl (C=O) groups is 1. The molecule has 0 aromatic heterocycles. The number of nitrogens with two attached hydrogens (primary N) is 1. The summed E-state index contributed by atoms with van der Waals surface area (Å²) in [5.41, 5.74) is 1.79. The molecule has 22 heavy (non-hydrogen) atoms. The maximum Gasteiger partial charge on any atom is 0.306 e. The fourth-order valence-corrected chi connectivity index (χ4v) is 2.42. The van der Waals surface area contributed by atoms with Crippen molar-refractivity contribution in [3.8, 4) is 0 Å². The number of esters is 1. The van der Waals surface area contributed by atoms with Crippen molar-refractivity contribution < 1.29 is 17.9 Å². The summed E-state index contributed by atoms with van der Waals surface area (Å²) in [6.45, 7) is 0.254. The van der Waals surface area contributed by atoms with Crippen molar-refractivity contribution in [1.82, 2.24) is 0 Å². The van der Waals surface area contributed by atoms with Crippen LogP contribution in [-0.2, 0) is 32.6 Å². The van der Waals surface area contributed by atoms with Gasteiger partial charge < -0.3 is 4.74 Å². The number of aryl methyl sites for hydroxylation is 1. The Labute approximate surface area is 129 Å². The Morgan fingerprint density at radius 2 is 1.59 bits per heavy atom. The van der Waals surface area contributed by atoms with Gasteiger partial charge in [0.25, 0.3) is 0 Å². The Hall–Kier alpha value is -2.18. The average Bonchev–Trinajstić information content (AvgIpc) is 2.51. The molecular formula is C16H17NO4S. The fourth-order valence-electron chi connectivity index (χ4n) is 1.90. The summed E-state index contributed by atoms with van der Waals surface area (Å²) in [5, 5.41) is 5.02. The highest BCUT2D eigenvalue weighted by Crippen LogP contribution is 2.11. The van der Waals surface area contributed by atoms with E-state index < -0.39 is 10.0 Å². The smallest absolute Gasteiger partial charge is 0.306 e. The molecule has 5 nitrogen and oxygen atoms in total. The topological polar surface area (TPSA) is 86.5 Å². The van der Waals surface area contributed by atoms with Gasteiger partial charge in [0.1, 0.15) is 6.61 Å². The molecule has 2 aromatic rings. The molecule has 2 N–H and O–H groups in total. The third-order valence-corrected chi connectivity index (χ3v) is 4.04. The molecule has 2 aromatic carbocycles. The first-order valence-corrected chi connectivity index (χ1v) is 8.31. The maximum absolute atomic E-state index is 11.7. The zero-order valence-corrected chi connectivity index (χ0v) is 12.8. The van der Waals surface area contributed by atoms with E-state index in [0.29, 0.717) is 6.42 Å². The molecule has 0 spiro atoms. The van der Waals surface area contributed by atoms with Crippen LogP contribution in [0.1, 0.15) is 17.5 Å². The number of hydrogen-bond donors (Lipinski definition) is 1. The van der Waals surface area contributed by atoms with Crippen molar-refractivity contribution in [2.24, 2.45) is 5.14 Å². The first-order chi connectivity index (χ1) is 10.4. The molecule has 2 rings (SSSR count). The molecule has 0 saturated carbocycles. The number of carbonyl (C=O) groups excluding carboxylic acids is 1. The van der Waals surface area contributed by atoms with Crippen LogP contribution >= 0.6 is 0 Å². The van der Waals surface area contributed by atoms with Crippen molar-refractivity contribution in [2.75, 3.05) is 0 Å². The summed E-state index contributed by atoms with van der Waals surface area (Å²) >= 11 is 0. The van der Waals surface area contributed by atoms with Crippen molar-refractivity contribution in [2.45, 2.75) is 24.3 Å². The van der Waals surface area contributed by atoms with Crippen LogP contribution in [0.15, 0.2) is 59.5 Å². The van der Waals surface area contributed by atoms with Crippen molar-refractivity contribution in [1.29, 1.82) is 0 Å². The van der Waals surface area contributed by atoms with E-state index in [1.807, 2.05) is 30.3 Å². The zero-order chi connectivity index (χ0) is 16.0. The van der Waals surface area contributed by atoms with E-state index in [9.17, 15) is 13.2 Å². The molecule has 0 amide bonds. The van der Waals surface area contributed by atoms with E-state index in [0.717, 1.165) is 11.1 Å². The molecule has 0 saturated heterocycles. The molecule has 0 aliphatic rings. The molecule has 0 aliphatic heterocycles. The van der Waals surface area contributed by atoms with Crippen LogP contribution in [0.4, 0.5) is 0 Å². The van der Waals surface area contributed by atoms with Crippen molar-refractivity contribution in [3.05, 3.63) is 65.7 Å². The van der Waals surface area contributed by atoms with Gasteiger partial charge in [-0.1, -0.05) is 42.5 Å². The second-order valence-corrected chi connectivity index (χ2v) is 6.40. The van der Waals surface area contributed by atoms with Crippen LogP contribution < -0.4 is 5.14 Å². The molecule has 0 unspecified atom stereocenters. The van der Waals surface area contributed by atoms with E-state index in [1.54, 1.807) is 12.1 Å². The Morgan fingerprint density at radius 3 is 2.18 bits per heavy atom. The third kappa shape index (κ3) is 4.98. The van der Waals surface area contributed by atoms with Gasteiger partial charge in [0, 0.05) is 6.42 Å².